The van der Waals surface area contributed by atoms with Gasteiger partial charge < -0.3 is 14.4 Å². The zero-order valence-electron chi connectivity index (χ0n) is 19.7. The summed E-state index contributed by atoms with van der Waals surface area (Å²) in [5.41, 5.74) is 2.65. The summed E-state index contributed by atoms with van der Waals surface area (Å²) >= 11 is 1.32. The number of aromatic nitrogens is 1. The van der Waals surface area contributed by atoms with Crippen LogP contribution in [0.15, 0.2) is 53.7 Å². The standard InChI is InChI=1S/C25H27N5O4S/c1-16(23(17(2)31)24(32)30(26)25-27-19-5-3-4-6-22(19)35-25)29-11-9-28(10-12-29)14-18-7-8-20-21(13-18)34-15-33-20/h3-8,13H,9-12,14-15,26H2,1-2H3/b23-16+. The fourth-order valence-corrected chi connectivity index (χ4v) is 5.31. The number of nitrogens with zero attached hydrogens (tertiary/aromatic N) is 4. The van der Waals surface area contributed by atoms with Gasteiger partial charge in [0.25, 0.3) is 5.91 Å². The summed E-state index contributed by atoms with van der Waals surface area (Å²) in [5.74, 6) is 6.86. The molecule has 10 heteroatoms. The molecule has 35 heavy (non-hydrogen) atoms. The number of para-hydroxylation sites is 1. The maximum absolute atomic E-state index is 13.3. The van der Waals surface area contributed by atoms with Crippen molar-refractivity contribution in [1.82, 2.24) is 14.8 Å². The van der Waals surface area contributed by atoms with Gasteiger partial charge in [-0.25, -0.2) is 15.8 Å². The molecule has 0 radical (unpaired) electrons. The molecule has 2 N–H and O–H groups in total. The Morgan fingerprint density at radius 3 is 2.54 bits per heavy atom. The number of hydrogen-bond donors (Lipinski definition) is 1. The molecule has 0 unspecified atom stereocenters. The predicted octanol–water partition coefficient (Wildman–Crippen LogP) is 2.91. The van der Waals surface area contributed by atoms with Crippen LogP contribution in [0.2, 0.25) is 0 Å². The molecule has 1 aromatic heterocycles. The number of hydrazine groups is 1. The highest BCUT2D eigenvalue weighted by Crippen LogP contribution is 2.33. The Morgan fingerprint density at radius 2 is 1.80 bits per heavy atom. The molecule has 182 valence electrons. The SMILES string of the molecule is CC(=O)/C(C(=O)N(N)c1nc2ccccc2s1)=C(/C)N1CCN(Cc2ccc3c(c2)OCO3)CC1. The van der Waals surface area contributed by atoms with Gasteiger partial charge in [-0.3, -0.25) is 14.5 Å². The number of anilines is 1. The number of ketones is 1. The van der Waals surface area contributed by atoms with Crippen LogP contribution in [-0.2, 0) is 16.1 Å². The first-order chi connectivity index (χ1) is 16.9. The molecule has 1 saturated heterocycles. The fraction of sp³-hybridized carbons (Fsp3) is 0.320. The van der Waals surface area contributed by atoms with Crippen LogP contribution in [0.3, 0.4) is 0 Å². The lowest BCUT2D eigenvalue weighted by atomic mass is 10.1. The fourth-order valence-electron chi connectivity index (χ4n) is 4.43. The first-order valence-corrected chi connectivity index (χ1v) is 12.2. The third kappa shape index (κ3) is 4.72. The van der Waals surface area contributed by atoms with Crippen molar-refractivity contribution >= 4 is 38.4 Å². The highest BCUT2D eigenvalue weighted by atomic mass is 32.1. The summed E-state index contributed by atoms with van der Waals surface area (Å²) in [5, 5.41) is 1.34. The van der Waals surface area contributed by atoms with Crippen molar-refractivity contribution in [2.75, 3.05) is 38.0 Å². The molecule has 2 aliphatic heterocycles. The minimum absolute atomic E-state index is 0.0935. The van der Waals surface area contributed by atoms with Crippen LogP contribution in [0.1, 0.15) is 19.4 Å². The molecule has 2 aromatic carbocycles. The molecule has 1 fully saturated rings. The molecular formula is C25H27N5O4S. The Bertz CT molecular complexity index is 1280. The average Bonchev–Trinajstić information content (AvgIpc) is 3.50. The molecule has 5 rings (SSSR count). The Kier molecular flexibility index (Phi) is 6.42. The topological polar surface area (TPSA) is 101 Å². The van der Waals surface area contributed by atoms with E-state index in [1.165, 1.54) is 18.3 Å². The van der Waals surface area contributed by atoms with E-state index in [2.05, 4.69) is 20.9 Å². The molecule has 0 bridgehead atoms. The van der Waals surface area contributed by atoms with E-state index in [-0.39, 0.29) is 18.1 Å². The van der Waals surface area contributed by atoms with Crippen LogP contribution < -0.4 is 20.3 Å². The number of amides is 1. The van der Waals surface area contributed by atoms with Gasteiger partial charge in [-0.1, -0.05) is 29.5 Å². The van der Waals surface area contributed by atoms with Gasteiger partial charge in [-0.15, -0.1) is 0 Å². The molecule has 0 saturated carbocycles. The zero-order valence-corrected chi connectivity index (χ0v) is 20.5. The maximum Gasteiger partial charge on any atom is 0.279 e. The lowest BCUT2D eigenvalue weighted by Crippen LogP contribution is -2.47. The minimum Gasteiger partial charge on any atom is -0.454 e. The number of carbonyl (C=O) groups excluding carboxylic acids is 2. The molecule has 3 aromatic rings. The summed E-state index contributed by atoms with van der Waals surface area (Å²) in [6.45, 7) is 7.27. The number of hydrogen-bond acceptors (Lipinski definition) is 9. The van der Waals surface area contributed by atoms with Crippen LogP contribution in [0.25, 0.3) is 10.2 Å². The van der Waals surface area contributed by atoms with Crippen LogP contribution in [0, 0.1) is 0 Å². The number of rotatable bonds is 6. The lowest BCUT2D eigenvalue weighted by molar-refractivity contribution is -0.120. The zero-order chi connectivity index (χ0) is 24.5. The lowest BCUT2D eigenvalue weighted by Gasteiger charge is -2.37. The smallest absolute Gasteiger partial charge is 0.279 e. The number of ether oxygens (including phenoxy) is 2. The second-order valence-electron chi connectivity index (χ2n) is 8.61. The maximum atomic E-state index is 13.3. The number of benzene rings is 2. The predicted molar refractivity (Wildman–Crippen MR) is 134 cm³/mol. The Morgan fingerprint density at radius 1 is 1.06 bits per heavy atom. The van der Waals surface area contributed by atoms with Crippen molar-refractivity contribution in [3.8, 4) is 11.5 Å². The molecule has 0 spiro atoms. The van der Waals surface area contributed by atoms with Crippen LogP contribution in [-0.4, -0.2) is 59.4 Å². The summed E-state index contributed by atoms with van der Waals surface area (Å²) in [4.78, 5) is 34.7. The van der Waals surface area contributed by atoms with Crippen LogP contribution in [0.4, 0.5) is 5.13 Å². The van der Waals surface area contributed by atoms with Gasteiger partial charge in [0, 0.05) is 38.4 Å². The Balaban J connectivity index is 1.27. The molecule has 9 nitrogen and oxygen atoms in total. The van der Waals surface area contributed by atoms with Crippen molar-refractivity contribution < 1.29 is 19.1 Å². The summed E-state index contributed by atoms with van der Waals surface area (Å²) in [6.07, 6.45) is 0. The van der Waals surface area contributed by atoms with E-state index in [4.69, 9.17) is 15.3 Å². The minimum atomic E-state index is -0.545. The Labute approximate surface area is 207 Å². The van der Waals surface area contributed by atoms with Crippen molar-refractivity contribution in [3.63, 3.8) is 0 Å². The Hall–Kier alpha value is -3.47. The van der Waals surface area contributed by atoms with Crippen molar-refractivity contribution in [2.45, 2.75) is 20.4 Å². The van der Waals surface area contributed by atoms with Crippen LogP contribution >= 0.6 is 11.3 Å². The number of thiazole rings is 1. The third-order valence-corrected chi connectivity index (χ3v) is 7.36. The summed E-state index contributed by atoms with van der Waals surface area (Å²) in [6, 6.07) is 13.6. The van der Waals surface area contributed by atoms with E-state index in [1.807, 2.05) is 43.3 Å². The van der Waals surface area contributed by atoms with Crippen molar-refractivity contribution in [1.29, 1.82) is 0 Å². The molecule has 1 amide bonds. The normalized spacial score (nSPS) is 16.4. The quantitative estimate of drug-likeness (QED) is 0.140. The average molecular weight is 494 g/mol. The van der Waals surface area contributed by atoms with Gasteiger partial charge >= 0.3 is 0 Å². The van der Waals surface area contributed by atoms with Gasteiger partial charge in [0.05, 0.1) is 10.2 Å². The van der Waals surface area contributed by atoms with E-state index < -0.39 is 5.91 Å². The number of fused-ring (bicyclic) bond motifs is 2. The van der Waals surface area contributed by atoms with Gasteiger partial charge in [0.2, 0.25) is 11.9 Å². The van der Waals surface area contributed by atoms with Gasteiger partial charge in [0.15, 0.2) is 17.3 Å². The van der Waals surface area contributed by atoms with E-state index in [0.717, 1.165) is 51.9 Å². The summed E-state index contributed by atoms with van der Waals surface area (Å²) in [7, 11) is 0. The first kappa shape index (κ1) is 23.3. The van der Waals surface area contributed by atoms with E-state index in [9.17, 15) is 9.59 Å². The molecule has 0 aliphatic carbocycles. The highest BCUT2D eigenvalue weighted by molar-refractivity contribution is 7.22. The van der Waals surface area contributed by atoms with E-state index >= 15 is 0 Å². The highest BCUT2D eigenvalue weighted by Gasteiger charge is 2.28. The number of piperazine rings is 1. The largest absolute Gasteiger partial charge is 0.454 e. The van der Waals surface area contributed by atoms with Crippen molar-refractivity contribution in [2.24, 2.45) is 5.84 Å². The second-order valence-corrected chi connectivity index (χ2v) is 9.62. The van der Waals surface area contributed by atoms with Crippen LogP contribution in [0.5, 0.6) is 11.5 Å². The van der Waals surface area contributed by atoms with Gasteiger partial charge in [-0.2, -0.15) is 0 Å². The molecule has 0 atom stereocenters. The van der Waals surface area contributed by atoms with E-state index in [0.29, 0.717) is 23.9 Å². The monoisotopic (exact) mass is 493 g/mol. The third-order valence-electron chi connectivity index (χ3n) is 6.33. The van der Waals surface area contributed by atoms with Gasteiger partial charge in [0.1, 0.15) is 5.57 Å². The number of allylic oxidation sites excluding steroid dienone is 1. The number of nitrogens with two attached hydrogens (primary N) is 1. The number of carbonyl (C=O) groups is 2. The van der Waals surface area contributed by atoms with E-state index in [1.54, 1.807) is 0 Å². The molecule has 3 heterocycles. The summed E-state index contributed by atoms with van der Waals surface area (Å²) < 4.78 is 11.8. The second kappa shape index (κ2) is 9.65. The number of Topliss-reactive ketones (excluding diaryl/α,β-unsaturated/α-hetero) is 1. The van der Waals surface area contributed by atoms with Crippen molar-refractivity contribution in [3.05, 3.63) is 59.3 Å². The molecular weight excluding hydrogens is 466 g/mol. The first-order valence-electron chi connectivity index (χ1n) is 11.4. The molecule has 2 aliphatic rings. The van der Waals surface area contributed by atoms with Gasteiger partial charge in [-0.05, 0) is 43.7 Å².